The van der Waals surface area contributed by atoms with Gasteiger partial charge < -0.3 is 11.5 Å². The summed E-state index contributed by atoms with van der Waals surface area (Å²) in [7, 11) is 0. The third kappa shape index (κ3) is 3.24. The summed E-state index contributed by atoms with van der Waals surface area (Å²) in [5.74, 6) is -0.367. The first-order valence-corrected chi connectivity index (χ1v) is 8.92. The van der Waals surface area contributed by atoms with Gasteiger partial charge in [-0.05, 0) is 35.7 Å². The zero-order valence-electron chi connectivity index (χ0n) is 11.1. The highest BCUT2D eigenvalue weighted by molar-refractivity contribution is 7.26. The van der Waals surface area contributed by atoms with E-state index in [1.807, 2.05) is 6.07 Å². The molecule has 0 aliphatic rings. The highest BCUT2D eigenvalue weighted by atomic mass is 32.1. The second kappa shape index (κ2) is 6.11. The van der Waals surface area contributed by atoms with Crippen LogP contribution in [0.25, 0.3) is 19.5 Å². The molecule has 0 saturated carbocycles. The highest BCUT2D eigenvalue weighted by Gasteiger charge is 2.14. The molecule has 1 atom stereocenters. The van der Waals surface area contributed by atoms with Gasteiger partial charge in [-0.1, -0.05) is 6.07 Å². The monoisotopic (exact) mass is 334 g/mol. The van der Waals surface area contributed by atoms with Crippen LogP contribution in [0.15, 0.2) is 41.8 Å². The van der Waals surface area contributed by atoms with Crippen LogP contribution in [0.1, 0.15) is 17.3 Å². The second-order valence-electron chi connectivity index (χ2n) is 4.62. The molecule has 0 aliphatic heterocycles. The van der Waals surface area contributed by atoms with Crippen LogP contribution in [0.2, 0.25) is 0 Å². The lowest BCUT2D eigenvalue weighted by molar-refractivity contribution is -0.118. The average molecular weight is 334 g/mol. The van der Waals surface area contributed by atoms with E-state index in [1.165, 1.54) is 19.5 Å². The minimum Gasteiger partial charge on any atom is -0.370 e. The fraction of sp³-hybridized carbons (Fsp3) is 0.133. The van der Waals surface area contributed by atoms with E-state index < -0.39 is 0 Å². The summed E-state index contributed by atoms with van der Waals surface area (Å²) in [6.45, 7) is 0. The number of carbonyl (C=O) groups is 1. The van der Waals surface area contributed by atoms with Crippen molar-refractivity contribution in [3.05, 3.63) is 46.7 Å². The largest absolute Gasteiger partial charge is 0.370 e. The first kappa shape index (κ1) is 14.5. The molecule has 0 aromatic carbocycles. The first-order valence-electron chi connectivity index (χ1n) is 6.41. The Labute approximate surface area is 134 Å². The molecule has 0 radical (unpaired) electrons. The van der Waals surface area contributed by atoms with Gasteiger partial charge in [-0.2, -0.15) is 0 Å². The molecule has 108 valence electrons. The van der Waals surface area contributed by atoms with E-state index in [0.717, 1.165) is 4.88 Å². The standard InChI is InChI=1S/C15H14N2OS3/c16-9(8-15(17)18)10-3-4-13(20-10)14-6-5-12(21-14)11-2-1-7-19-11/h1-7,9H,8,16H2,(H2,17,18). The Morgan fingerprint density at radius 1 is 1.00 bits per heavy atom. The molecule has 6 heteroatoms. The Morgan fingerprint density at radius 2 is 1.67 bits per heavy atom. The van der Waals surface area contributed by atoms with E-state index >= 15 is 0 Å². The molecule has 3 rings (SSSR count). The predicted octanol–water partition coefficient (Wildman–Crippen LogP) is 4.08. The topological polar surface area (TPSA) is 69.1 Å². The van der Waals surface area contributed by atoms with Crippen LogP contribution in [-0.2, 0) is 4.79 Å². The molecular formula is C15H14N2OS3. The Kier molecular flexibility index (Phi) is 4.21. The smallest absolute Gasteiger partial charge is 0.219 e. The maximum atomic E-state index is 10.9. The van der Waals surface area contributed by atoms with E-state index in [0.29, 0.717) is 0 Å². The maximum absolute atomic E-state index is 10.9. The summed E-state index contributed by atoms with van der Waals surface area (Å²) in [6, 6.07) is 12.2. The molecule has 0 saturated heterocycles. The van der Waals surface area contributed by atoms with Crippen LogP contribution in [0.4, 0.5) is 0 Å². The molecule has 3 aromatic heterocycles. The van der Waals surface area contributed by atoms with Gasteiger partial charge in [0, 0.05) is 36.8 Å². The Balaban J connectivity index is 1.82. The van der Waals surface area contributed by atoms with Crippen molar-refractivity contribution >= 4 is 39.9 Å². The van der Waals surface area contributed by atoms with Gasteiger partial charge in [-0.25, -0.2) is 0 Å². The van der Waals surface area contributed by atoms with Crippen molar-refractivity contribution in [3.8, 4) is 19.5 Å². The van der Waals surface area contributed by atoms with Crippen molar-refractivity contribution < 1.29 is 4.79 Å². The molecule has 0 fully saturated rings. The summed E-state index contributed by atoms with van der Waals surface area (Å²) in [4.78, 5) is 16.9. The summed E-state index contributed by atoms with van der Waals surface area (Å²) in [6.07, 6.45) is 0.185. The Bertz CT molecular complexity index is 743. The lowest BCUT2D eigenvalue weighted by Gasteiger charge is -2.05. The number of hydrogen-bond donors (Lipinski definition) is 2. The lowest BCUT2D eigenvalue weighted by Crippen LogP contribution is -2.19. The van der Waals surface area contributed by atoms with Crippen LogP contribution in [0, 0.1) is 0 Å². The van der Waals surface area contributed by atoms with E-state index in [-0.39, 0.29) is 18.4 Å². The molecule has 3 aromatic rings. The lowest BCUT2D eigenvalue weighted by atomic mass is 10.2. The molecule has 0 spiro atoms. The van der Waals surface area contributed by atoms with Crippen molar-refractivity contribution in [2.24, 2.45) is 11.5 Å². The van der Waals surface area contributed by atoms with Gasteiger partial charge in [0.25, 0.3) is 0 Å². The summed E-state index contributed by atoms with van der Waals surface area (Å²) < 4.78 is 0. The summed E-state index contributed by atoms with van der Waals surface area (Å²) >= 11 is 5.14. The van der Waals surface area contributed by atoms with Crippen molar-refractivity contribution in [2.45, 2.75) is 12.5 Å². The minimum absolute atomic E-state index is 0.185. The van der Waals surface area contributed by atoms with Gasteiger partial charge >= 0.3 is 0 Å². The normalized spacial score (nSPS) is 12.4. The number of hydrogen-bond acceptors (Lipinski definition) is 5. The minimum atomic E-state index is -0.367. The number of amides is 1. The van der Waals surface area contributed by atoms with E-state index in [2.05, 4.69) is 35.7 Å². The van der Waals surface area contributed by atoms with Crippen molar-refractivity contribution in [1.29, 1.82) is 0 Å². The van der Waals surface area contributed by atoms with Gasteiger partial charge in [0.15, 0.2) is 0 Å². The maximum Gasteiger partial charge on any atom is 0.219 e. The van der Waals surface area contributed by atoms with Gasteiger partial charge in [-0.15, -0.1) is 34.0 Å². The molecule has 3 heterocycles. The van der Waals surface area contributed by atoms with Crippen LogP contribution in [0.3, 0.4) is 0 Å². The van der Waals surface area contributed by atoms with Gasteiger partial charge in [0.1, 0.15) is 0 Å². The number of rotatable bonds is 5. The second-order valence-corrected chi connectivity index (χ2v) is 7.77. The molecule has 0 bridgehead atoms. The Morgan fingerprint density at radius 3 is 2.33 bits per heavy atom. The fourth-order valence-electron chi connectivity index (χ4n) is 2.02. The van der Waals surface area contributed by atoms with Gasteiger partial charge in [0.2, 0.25) is 5.91 Å². The molecule has 4 N–H and O–H groups in total. The van der Waals surface area contributed by atoms with E-state index in [4.69, 9.17) is 11.5 Å². The van der Waals surface area contributed by atoms with Crippen LogP contribution in [-0.4, -0.2) is 5.91 Å². The van der Waals surface area contributed by atoms with Gasteiger partial charge in [-0.3, -0.25) is 4.79 Å². The van der Waals surface area contributed by atoms with Crippen molar-refractivity contribution in [2.75, 3.05) is 0 Å². The molecule has 21 heavy (non-hydrogen) atoms. The molecule has 0 aliphatic carbocycles. The number of carbonyl (C=O) groups excluding carboxylic acids is 1. The SMILES string of the molecule is NC(=O)CC(N)c1ccc(-c2ccc(-c3cccs3)s2)s1. The zero-order valence-corrected chi connectivity index (χ0v) is 13.6. The van der Waals surface area contributed by atoms with Crippen molar-refractivity contribution in [1.82, 2.24) is 0 Å². The molecule has 3 nitrogen and oxygen atoms in total. The quantitative estimate of drug-likeness (QED) is 0.738. The highest BCUT2D eigenvalue weighted by Crippen LogP contribution is 2.40. The Hall–Kier alpha value is -1.47. The number of thiophene rings is 3. The number of primary amides is 1. The molecular weight excluding hydrogens is 320 g/mol. The van der Waals surface area contributed by atoms with Crippen LogP contribution in [0.5, 0.6) is 0 Å². The third-order valence-corrected chi connectivity index (χ3v) is 6.59. The van der Waals surface area contributed by atoms with E-state index in [1.54, 1.807) is 34.0 Å². The van der Waals surface area contributed by atoms with E-state index in [9.17, 15) is 4.79 Å². The van der Waals surface area contributed by atoms with Crippen LogP contribution < -0.4 is 11.5 Å². The summed E-state index contributed by atoms with van der Waals surface area (Å²) in [5, 5.41) is 2.08. The van der Waals surface area contributed by atoms with Crippen molar-refractivity contribution in [3.63, 3.8) is 0 Å². The van der Waals surface area contributed by atoms with Crippen LogP contribution >= 0.6 is 34.0 Å². The number of nitrogens with two attached hydrogens (primary N) is 2. The van der Waals surface area contributed by atoms with Gasteiger partial charge in [0.05, 0.1) is 0 Å². The average Bonchev–Trinajstić information content (AvgIpc) is 3.18. The fourth-order valence-corrected chi connectivity index (χ4v) is 4.96. The predicted molar refractivity (Wildman–Crippen MR) is 91.7 cm³/mol. The molecule has 1 unspecified atom stereocenters. The third-order valence-electron chi connectivity index (χ3n) is 3.03. The zero-order chi connectivity index (χ0) is 14.8. The first-order chi connectivity index (χ1) is 10.1. The summed E-state index contributed by atoms with van der Waals surface area (Å²) in [5.41, 5.74) is 11.2. The molecule has 1 amide bonds.